The maximum absolute atomic E-state index is 11.9. The molecule has 1 aromatic heterocycles. The molecule has 1 aromatic carbocycles. The van der Waals surface area contributed by atoms with Crippen molar-refractivity contribution in [1.29, 1.82) is 0 Å². The highest BCUT2D eigenvalue weighted by Crippen LogP contribution is 2.27. The van der Waals surface area contributed by atoms with Crippen molar-refractivity contribution in [2.45, 2.75) is 0 Å². The fourth-order valence-electron chi connectivity index (χ4n) is 1.48. The van der Waals surface area contributed by atoms with Gasteiger partial charge >= 0.3 is 0 Å². The number of benzene rings is 1. The van der Waals surface area contributed by atoms with Crippen LogP contribution >= 0.6 is 0 Å². The van der Waals surface area contributed by atoms with Gasteiger partial charge in [0.25, 0.3) is 5.91 Å². The Bertz CT molecular complexity index is 555. The van der Waals surface area contributed by atoms with Crippen LogP contribution in [0.15, 0.2) is 42.6 Å². The molecule has 0 saturated carbocycles. The molecule has 1 amide bonds. The maximum atomic E-state index is 11.9. The van der Waals surface area contributed by atoms with Crippen molar-refractivity contribution in [3.05, 3.63) is 48.3 Å². The van der Waals surface area contributed by atoms with Crippen molar-refractivity contribution in [3.63, 3.8) is 0 Å². The Balaban J connectivity index is 2.24. The van der Waals surface area contributed by atoms with E-state index >= 15 is 0 Å². The Morgan fingerprint density at radius 3 is 2.67 bits per heavy atom. The SMILES string of the molecule is COc1ccnc(C(=O)Nc2ccccc2)c1O. The number of rotatable bonds is 3. The smallest absolute Gasteiger partial charge is 0.278 e. The molecule has 0 bridgehead atoms. The minimum absolute atomic E-state index is 0.0711. The average Bonchev–Trinajstić information content (AvgIpc) is 2.40. The summed E-state index contributed by atoms with van der Waals surface area (Å²) in [4.78, 5) is 15.8. The van der Waals surface area contributed by atoms with Crippen LogP contribution in [-0.4, -0.2) is 23.1 Å². The standard InChI is InChI=1S/C13H12N2O3/c1-18-10-7-8-14-11(12(10)16)13(17)15-9-5-3-2-4-6-9/h2-8,16H,1H3,(H,15,17). The van der Waals surface area contributed by atoms with Crippen LogP contribution in [0.4, 0.5) is 5.69 Å². The molecule has 0 aliphatic rings. The number of ether oxygens (including phenoxy) is 1. The number of hydrogen-bond acceptors (Lipinski definition) is 4. The number of methoxy groups -OCH3 is 1. The monoisotopic (exact) mass is 244 g/mol. The lowest BCUT2D eigenvalue weighted by Gasteiger charge is -2.08. The Labute approximate surface area is 104 Å². The van der Waals surface area contributed by atoms with E-state index in [1.807, 2.05) is 6.07 Å². The first-order chi connectivity index (χ1) is 8.72. The highest BCUT2D eigenvalue weighted by atomic mass is 16.5. The molecule has 0 aliphatic heterocycles. The normalized spacial score (nSPS) is 9.83. The summed E-state index contributed by atoms with van der Waals surface area (Å²) in [7, 11) is 1.41. The van der Waals surface area contributed by atoms with E-state index in [4.69, 9.17) is 4.74 Å². The zero-order chi connectivity index (χ0) is 13.0. The van der Waals surface area contributed by atoms with Crippen molar-refractivity contribution in [1.82, 2.24) is 4.98 Å². The second kappa shape index (κ2) is 5.18. The fraction of sp³-hybridized carbons (Fsp3) is 0.0769. The third-order valence-electron chi connectivity index (χ3n) is 2.35. The molecular weight excluding hydrogens is 232 g/mol. The van der Waals surface area contributed by atoms with Crippen molar-refractivity contribution in [2.75, 3.05) is 12.4 Å². The molecule has 1 heterocycles. The van der Waals surface area contributed by atoms with Gasteiger partial charge in [0.2, 0.25) is 0 Å². The first-order valence-corrected chi connectivity index (χ1v) is 5.30. The summed E-state index contributed by atoms with van der Waals surface area (Å²) in [5, 5.41) is 12.4. The summed E-state index contributed by atoms with van der Waals surface area (Å²) >= 11 is 0. The number of pyridine rings is 1. The molecule has 0 fully saturated rings. The summed E-state index contributed by atoms with van der Waals surface area (Å²) < 4.78 is 4.92. The largest absolute Gasteiger partial charge is 0.503 e. The minimum atomic E-state index is -0.488. The zero-order valence-corrected chi connectivity index (χ0v) is 9.75. The van der Waals surface area contributed by atoms with E-state index in [-0.39, 0.29) is 17.2 Å². The summed E-state index contributed by atoms with van der Waals surface area (Å²) in [6.07, 6.45) is 1.40. The van der Waals surface area contributed by atoms with Gasteiger partial charge in [-0.25, -0.2) is 4.98 Å². The Hall–Kier alpha value is -2.56. The molecule has 0 radical (unpaired) electrons. The molecule has 2 N–H and O–H groups in total. The Kier molecular flexibility index (Phi) is 3.43. The van der Waals surface area contributed by atoms with Gasteiger partial charge in [-0.05, 0) is 12.1 Å². The molecule has 2 rings (SSSR count). The van der Waals surface area contributed by atoms with Crippen molar-refractivity contribution in [2.24, 2.45) is 0 Å². The highest BCUT2D eigenvalue weighted by Gasteiger charge is 2.16. The molecular formula is C13H12N2O3. The highest BCUT2D eigenvalue weighted by molar-refractivity contribution is 6.05. The number of nitrogens with zero attached hydrogens (tertiary/aromatic N) is 1. The van der Waals surface area contributed by atoms with E-state index in [2.05, 4.69) is 10.3 Å². The van der Waals surface area contributed by atoms with Crippen LogP contribution in [0.5, 0.6) is 11.5 Å². The quantitative estimate of drug-likeness (QED) is 0.866. The van der Waals surface area contributed by atoms with Gasteiger partial charge in [0.15, 0.2) is 17.2 Å². The molecule has 5 nitrogen and oxygen atoms in total. The lowest BCUT2D eigenvalue weighted by molar-refractivity contribution is 0.101. The summed E-state index contributed by atoms with van der Waals surface area (Å²) in [5.74, 6) is -0.547. The zero-order valence-electron chi connectivity index (χ0n) is 9.75. The van der Waals surface area contributed by atoms with Crippen LogP contribution in [0.1, 0.15) is 10.5 Å². The van der Waals surface area contributed by atoms with Gasteiger partial charge < -0.3 is 15.2 Å². The van der Waals surface area contributed by atoms with Crippen molar-refractivity contribution < 1.29 is 14.6 Å². The first-order valence-electron chi connectivity index (χ1n) is 5.30. The third kappa shape index (κ3) is 2.40. The van der Waals surface area contributed by atoms with Gasteiger partial charge in [0, 0.05) is 18.0 Å². The van der Waals surface area contributed by atoms with E-state index < -0.39 is 5.91 Å². The first kappa shape index (κ1) is 11.9. The number of hydrogen-bond donors (Lipinski definition) is 2. The van der Waals surface area contributed by atoms with Gasteiger partial charge in [-0.2, -0.15) is 0 Å². The summed E-state index contributed by atoms with van der Waals surface area (Å²) in [6, 6.07) is 10.4. The fourth-order valence-corrected chi connectivity index (χ4v) is 1.48. The predicted octanol–water partition coefficient (Wildman–Crippen LogP) is 2.05. The molecule has 5 heteroatoms. The van der Waals surface area contributed by atoms with Crippen LogP contribution in [0.25, 0.3) is 0 Å². The van der Waals surface area contributed by atoms with Gasteiger partial charge in [-0.3, -0.25) is 4.79 Å². The molecule has 92 valence electrons. The average molecular weight is 244 g/mol. The lowest BCUT2D eigenvalue weighted by atomic mass is 10.2. The van der Waals surface area contributed by atoms with Crippen LogP contribution in [0.2, 0.25) is 0 Å². The van der Waals surface area contributed by atoms with Gasteiger partial charge in [-0.15, -0.1) is 0 Å². The summed E-state index contributed by atoms with van der Waals surface area (Å²) in [5.41, 5.74) is 0.560. The van der Waals surface area contributed by atoms with Crippen LogP contribution in [0, 0.1) is 0 Å². The third-order valence-corrected chi connectivity index (χ3v) is 2.35. The van der Waals surface area contributed by atoms with E-state index in [1.54, 1.807) is 24.3 Å². The number of para-hydroxylation sites is 1. The molecule has 0 saturated heterocycles. The molecule has 18 heavy (non-hydrogen) atoms. The van der Waals surface area contributed by atoms with E-state index in [0.29, 0.717) is 5.69 Å². The van der Waals surface area contributed by atoms with Gasteiger partial charge in [0.1, 0.15) is 0 Å². The van der Waals surface area contributed by atoms with E-state index in [1.165, 1.54) is 19.4 Å². The van der Waals surface area contributed by atoms with E-state index in [0.717, 1.165) is 0 Å². The number of aromatic hydroxyl groups is 1. The lowest BCUT2D eigenvalue weighted by Crippen LogP contribution is -2.14. The maximum Gasteiger partial charge on any atom is 0.278 e. The van der Waals surface area contributed by atoms with Crippen molar-refractivity contribution >= 4 is 11.6 Å². The molecule has 0 spiro atoms. The number of amides is 1. The van der Waals surface area contributed by atoms with Gasteiger partial charge in [-0.1, -0.05) is 18.2 Å². The topological polar surface area (TPSA) is 71.5 Å². The molecule has 0 atom stereocenters. The van der Waals surface area contributed by atoms with E-state index in [9.17, 15) is 9.90 Å². The predicted molar refractivity (Wildman–Crippen MR) is 66.8 cm³/mol. The van der Waals surface area contributed by atoms with Crippen LogP contribution in [0.3, 0.4) is 0 Å². The Morgan fingerprint density at radius 2 is 2.00 bits per heavy atom. The number of carbonyl (C=O) groups excluding carboxylic acids is 1. The number of aromatic nitrogens is 1. The Morgan fingerprint density at radius 1 is 1.28 bits per heavy atom. The van der Waals surface area contributed by atoms with Crippen molar-refractivity contribution in [3.8, 4) is 11.5 Å². The van der Waals surface area contributed by atoms with Gasteiger partial charge in [0.05, 0.1) is 7.11 Å². The van der Waals surface area contributed by atoms with Crippen LogP contribution in [-0.2, 0) is 0 Å². The second-order valence-electron chi connectivity index (χ2n) is 3.53. The minimum Gasteiger partial charge on any atom is -0.503 e. The molecule has 0 aliphatic carbocycles. The summed E-state index contributed by atoms with van der Waals surface area (Å²) in [6.45, 7) is 0. The number of carbonyl (C=O) groups is 1. The molecule has 0 unspecified atom stereocenters. The second-order valence-corrected chi connectivity index (χ2v) is 3.53. The number of anilines is 1. The number of nitrogens with one attached hydrogen (secondary N) is 1. The van der Waals surface area contributed by atoms with Crippen LogP contribution < -0.4 is 10.1 Å². The molecule has 2 aromatic rings.